The van der Waals surface area contributed by atoms with Gasteiger partial charge in [0, 0.05) is 25.7 Å². The number of aliphatic hydroxyl groups excluding tert-OH is 1. The van der Waals surface area contributed by atoms with E-state index in [4.69, 9.17) is 37.0 Å². The smallest absolute Gasteiger partial charge is 0.462 e. The van der Waals surface area contributed by atoms with Crippen LogP contribution in [0.15, 0.2) is 0 Å². The van der Waals surface area contributed by atoms with Gasteiger partial charge in [0.1, 0.15) is 19.3 Å². The van der Waals surface area contributed by atoms with Crippen molar-refractivity contribution in [2.75, 3.05) is 39.6 Å². The van der Waals surface area contributed by atoms with Crippen molar-refractivity contribution in [2.24, 2.45) is 17.8 Å². The van der Waals surface area contributed by atoms with Gasteiger partial charge in [-0.3, -0.25) is 37.3 Å². The molecule has 6 atom stereocenters. The number of hydrogen-bond acceptors (Lipinski definition) is 15. The number of hydrogen-bond donors (Lipinski definition) is 3. The van der Waals surface area contributed by atoms with Gasteiger partial charge in [0.15, 0.2) is 12.2 Å². The van der Waals surface area contributed by atoms with E-state index < -0.39 is 97.5 Å². The van der Waals surface area contributed by atoms with Gasteiger partial charge >= 0.3 is 39.5 Å². The molecule has 19 heteroatoms. The second-order valence-corrected chi connectivity index (χ2v) is 29.7. The molecule has 534 valence electrons. The molecule has 0 aromatic carbocycles. The number of carbonyl (C=O) groups is 4. The molecule has 90 heavy (non-hydrogen) atoms. The van der Waals surface area contributed by atoms with Crippen LogP contribution >= 0.6 is 15.6 Å². The molecule has 0 amide bonds. The molecular weight excluding hydrogens is 1190 g/mol. The summed E-state index contributed by atoms with van der Waals surface area (Å²) in [5.74, 6) is 0.0860. The second-order valence-electron chi connectivity index (χ2n) is 26.8. The van der Waals surface area contributed by atoms with E-state index in [9.17, 15) is 43.2 Å². The fraction of sp³-hybridized carbons (Fsp3) is 0.944. The minimum atomic E-state index is -4.95. The summed E-state index contributed by atoms with van der Waals surface area (Å²) in [6, 6.07) is 0. The number of rotatable bonds is 69. The van der Waals surface area contributed by atoms with Crippen molar-refractivity contribution in [3.05, 3.63) is 0 Å². The van der Waals surface area contributed by atoms with E-state index >= 15 is 0 Å². The van der Waals surface area contributed by atoms with Crippen molar-refractivity contribution in [3.8, 4) is 0 Å². The van der Waals surface area contributed by atoms with Gasteiger partial charge in [-0.1, -0.05) is 305 Å². The van der Waals surface area contributed by atoms with Crippen molar-refractivity contribution in [3.63, 3.8) is 0 Å². The van der Waals surface area contributed by atoms with Gasteiger partial charge in [0.05, 0.1) is 26.4 Å². The van der Waals surface area contributed by atoms with Gasteiger partial charge in [0.2, 0.25) is 0 Å². The summed E-state index contributed by atoms with van der Waals surface area (Å²) in [4.78, 5) is 72.6. The molecule has 0 aliphatic heterocycles. The quantitative estimate of drug-likeness (QED) is 0.0222. The van der Waals surface area contributed by atoms with Gasteiger partial charge in [0.25, 0.3) is 0 Å². The topological polar surface area (TPSA) is 237 Å². The first-order valence-corrected chi connectivity index (χ1v) is 39.9. The van der Waals surface area contributed by atoms with Crippen molar-refractivity contribution < 1.29 is 80.2 Å². The van der Waals surface area contributed by atoms with Crippen LogP contribution in [0.4, 0.5) is 0 Å². The summed E-state index contributed by atoms with van der Waals surface area (Å²) in [6.45, 7) is 11.8. The van der Waals surface area contributed by atoms with Crippen molar-refractivity contribution >= 4 is 39.5 Å². The maximum atomic E-state index is 13.0. The number of carbonyl (C=O) groups excluding carboxylic acids is 4. The van der Waals surface area contributed by atoms with Crippen molar-refractivity contribution in [2.45, 2.75) is 375 Å². The number of esters is 4. The van der Waals surface area contributed by atoms with Crippen LogP contribution in [0.25, 0.3) is 0 Å². The van der Waals surface area contributed by atoms with Crippen molar-refractivity contribution in [1.29, 1.82) is 0 Å². The fourth-order valence-electron chi connectivity index (χ4n) is 10.7. The molecule has 0 spiro atoms. The summed E-state index contributed by atoms with van der Waals surface area (Å²) in [5, 5.41) is 10.6. The lowest BCUT2D eigenvalue weighted by atomic mass is 10.00. The van der Waals surface area contributed by atoms with Crippen LogP contribution in [0.3, 0.4) is 0 Å². The molecule has 0 rings (SSSR count). The Hall–Kier alpha value is -1.94. The molecule has 3 unspecified atom stereocenters. The Morgan fingerprint density at radius 2 is 0.567 bits per heavy atom. The predicted molar refractivity (Wildman–Crippen MR) is 363 cm³/mol. The molecular formula is C71H138O17P2. The molecule has 0 heterocycles. The van der Waals surface area contributed by atoms with Crippen LogP contribution in [0, 0.1) is 17.8 Å². The van der Waals surface area contributed by atoms with E-state index in [2.05, 4.69) is 48.5 Å². The highest BCUT2D eigenvalue weighted by atomic mass is 31.2. The lowest BCUT2D eigenvalue weighted by Crippen LogP contribution is -2.30. The third-order valence-electron chi connectivity index (χ3n) is 16.7. The largest absolute Gasteiger partial charge is 0.472 e. The van der Waals surface area contributed by atoms with Gasteiger partial charge in [-0.25, -0.2) is 9.13 Å². The third kappa shape index (κ3) is 63.5. The first-order chi connectivity index (χ1) is 43.3. The van der Waals surface area contributed by atoms with Gasteiger partial charge in [-0.15, -0.1) is 0 Å². The molecule has 0 bridgehead atoms. The first-order valence-electron chi connectivity index (χ1n) is 36.9. The predicted octanol–water partition coefficient (Wildman–Crippen LogP) is 20.2. The summed E-state index contributed by atoms with van der Waals surface area (Å²) in [7, 11) is -9.90. The number of aliphatic hydroxyl groups is 1. The zero-order chi connectivity index (χ0) is 66.6. The highest BCUT2D eigenvalue weighted by Gasteiger charge is 2.30. The Morgan fingerprint density at radius 3 is 0.844 bits per heavy atom. The van der Waals surface area contributed by atoms with Crippen LogP contribution in [-0.4, -0.2) is 96.7 Å². The van der Waals surface area contributed by atoms with E-state index in [1.54, 1.807) is 0 Å². The van der Waals surface area contributed by atoms with E-state index in [0.717, 1.165) is 108 Å². The zero-order valence-electron chi connectivity index (χ0n) is 58.6. The minimum Gasteiger partial charge on any atom is -0.462 e. The zero-order valence-corrected chi connectivity index (χ0v) is 60.4. The van der Waals surface area contributed by atoms with E-state index in [0.29, 0.717) is 31.6 Å². The molecule has 17 nitrogen and oxygen atoms in total. The van der Waals surface area contributed by atoms with Crippen LogP contribution in [0.5, 0.6) is 0 Å². The molecule has 3 N–H and O–H groups in total. The first kappa shape index (κ1) is 88.1. The van der Waals surface area contributed by atoms with E-state index in [1.165, 1.54) is 161 Å². The Balaban J connectivity index is 5.24. The fourth-order valence-corrected chi connectivity index (χ4v) is 12.3. The Kier molecular flexibility index (Phi) is 60.6. The lowest BCUT2D eigenvalue weighted by Gasteiger charge is -2.21. The van der Waals surface area contributed by atoms with Crippen LogP contribution in [0.1, 0.15) is 357 Å². The molecule has 0 radical (unpaired) electrons. The number of ether oxygens (including phenoxy) is 4. The summed E-state index contributed by atoms with van der Waals surface area (Å²) in [5.41, 5.74) is 0. The molecule has 0 aromatic heterocycles. The molecule has 0 aromatic rings. The van der Waals surface area contributed by atoms with Crippen LogP contribution in [0.2, 0.25) is 0 Å². The molecule has 0 saturated carbocycles. The average Bonchev–Trinajstić information content (AvgIpc) is 3.60. The van der Waals surface area contributed by atoms with Gasteiger partial charge in [-0.2, -0.15) is 0 Å². The Morgan fingerprint density at radius 1 is 0.322 bits per heavy atom. The molecule has 0 saturated heterocycles. The van der Waals surface area contributed by atoms with Gasteiger partial charge in [-0.05, 0) is 43.4 Å². The number of phosphoric acid groups is 2. The number of phosphoric ester groups is 2. The average molecular weight is 1330 g/mol. The summed E-state index contributed by atoms with van der Waals surface area (Å²) in [6.07, 6.45) is 45.9. The van der Waals surface area contributed by atoms with Crippen LogP contribution in [-0.2, 0) is 65.4 Å². The summed E-state index contributed by atoms with van der Waals surface area (Å²) >= 11 is 0. The monoisotopic (exact) mass is 1320 g/mol. The summed E-state index contributed by atoms with van der Waals surface area (Å²) < 4.78 is 68.3. The normalized spacial score (nSPS) is 14.5. The van der Waals surface area contributed by atoms with E-state index in [-0.39, 0.29) is 25.7 Å². The van der Waals surface area contributed by atoms with Crippen LogP contribution < -0.4 is 0 Å². The Bertz CT molecular complexity index is 1770. The standard InChI is InChI=1S/C71H138O17P2/c1-8-10-11-12-13-14-15-16-19-22-25-30-38-45-52-68(73)81-58-66(87-70(75)54-47-40-31-26-23-20-17-18-21-24-28-35-42-49-62(3)4)60-85-89(77,78)83-56-65(72)57-84-90(79,80)86-61-67(88-71(76)55-48-41-32-27-29-36-43-50-63(5)6)59-82-69(74)53-46-39-34-33-37-44-51-64(7)9-2/h62-67,72H,8-61H2,1-7H3,(H,77,78)(H,79,80)/t64?,65-,66-,67-/m1/s1. The minimum absolute atomic E-state index is 0.102. The maximum absolute atomic E-state index is 13.0. The number of unbranched alkanes of at least 4 members (excludes halogenated alkanes) is 36. The molecule has 0 aliphatic rings. The van der Waals surface area contributed by atoms with E-state index in [1.807, 2.05) is 0 Å². The third-order valence-corrected chi connectivity index (χ3v) is 18.6. The SMILES string of the molecule is CCCCCCCCCCCCCCCCC(=O)OC[C@H](COP(=O)(O)OC[C@@H](O)COP(=O)(O)OC[C@@H](COC(=O)CCCCCCCCC(C)CC)OC(=O)CCCCCCCCCC(C)C)OC(=O)CCCCCCCCCCCCCCCC(C)C. The lowest BCUT2D eigenvalue weighted by molar-refractivity contribution is -0.161. The van der Waals surface area contributed by atoms with Crippen molar-refractivity contribution in [1.82, 2.24) is 0 Å². The molecule has 0 fully saturated rings. The molecule has 0 aliphatic carbocycles. The second kappa shape index (κ2) is 61.9. The Labute approximate surface area is 549 Å². The maximum Gasteiger partial charge on any atom is 0.472 e. The highest BCUT2D eigenvalue weighted by Crippen LogP contribution is 2.45. The highest BCUT2D eigenvalue weighted by molar-refractivity contribution is 7.47. The van der Waals surface area contributed by atoms with Gasteiger partial charge < -0.3 is 33.8 Å².